The maximum Gasteiger partial charge on any atom is 0.126 e. The van der Waals surface area contributed by atoms with Crippen molar-refractivity contribution in [2.24, 2.45) is 0 Å². The average molecular weight is 370 g/mol. The molecule has 0 saturated carbocycles. The van der Waals surface area contributed by atoms with Crippen LogP contribution in [0.15, 0.2) is 24.3 Å². The minimum absolute atomic E-state index is 0.272. The van der Waals surface area contributed by atoms with Gasteiger partial charge in [-0.3, -0.25) is 10.00 Å². The second-order valence-electron chi connectivity index (χ2n) is 5.85. The number of nitrogens with one attached hydrogen (secondary N) is 1. The lowest BCUT2D eigenvalue weighted by Crippen LogP contribution is -2.38. The molecule has 0 radical (unpaired) electrons. The Kier molecular flexibility index (Phi) is 6.14. The molecule has 1 fully saturated rings. The Hall–Kier alpha value is -1.11. The number of benzene rings is 1. The molecule has 0 bridgehead atoms. The summed E-state index contributed by atoms with van der Waals surface area (Å²) in [5.74, 6) is 0. The maximum absolute atomic E-state index is 6.17. The van der Waals surface area contributed by atoms with E-state index in [1.807, 2.05) is 25.1 Å². The number of aryl methyl sites for hydroxylation is 1. The highest BCUT2D eigenvalue weighted by Gasteiger charge is 2.20. The number of nitrogens with zero attached hydrogens (tertiary/aromatic N) is 2. The highest BCUT2D eigenvalue weighted by Crippen LogP contribution is 2.30. The van der Waals surface area contributed by atoms with E-state index in [4.69, 9.17) is 32.7 Å². The van der Waals surface area contributed by atoms with Crippen LogP contribution in [-0.4, -0.2) is 54.6 Å². The molecule has 7 heteroatoms. The molecule has 1 unspecified atom stereocenters. The van der Waals surface area contributed by atoms with Gasteiger partial charge in [-0.15, -0.1) is 0 Å². The summed E-state index contributed by atoms with van der Waals surface area (Å²) in [4.78, 5) is 2.34. The van der Waals surface area contributed by atoms with E-state index >= 15 is 0 Å². The van der Waals surface area contributed by atoms with Crippen LogP contribution in [0.25, 0.3) is 0 Å². The van der Waals surface area contributed by atoms with Crippen molar-refractivity contribution in [1.82, 2.24) is 15.1 Å². The number of morpholine rings is 1. The van der Waals surface area contributed by atoms with E-state index < -0.39 is 0 Å². The third kappa shape index (κ3) is 4.49. The van der Waals surface area contributed by atoms with Crippen molar-refractivity contribution in [3.05, 3.63) is 51.3 Å². The van der Waals surface area contributed by atoms with E-state index in [1.165, 1.54) is 0 Å². The van der Waals surface area contributed by atoms with Crippen molar-refractivity contribution in [3.8, 4) is 0 Å². The van der Waals surface area contributed by atoms with Crippen LogP contribution in [0.3, 0.4) is 0 Å². The fourth-order valence-electron chi connectivity index (χ4n) is 2.73. The smallest absolute Gasteiger partial charge is 0.126 e. The zero-order valence-electron chi connectivity index (χ0n) is 13.6. The summed E-state index contributed by atoms with van der Waals surface area (Å²) in [6.07, 6.45) is -0.272. The van der Waals surface area contributed by atoms with Crippen molar-refractivity contribution in [3.63, 3.8) is 0 Å². The van der Waals surface area contributed by atoms with Gasteiger partial charge in [0.05, 0.1) is 35.6 Å². The third-order valence-corrected chi connectivity index (χ3v) is 4.78. The van der Waals surface area contributed by atoms with E-state index in [2.05, 4.69) is 15.1 Å². The summed E-state index contributed by atoms with van der Waals surface area (Å²) in [5.41, 5.74) is 2.78. The van der Waals surface area contributed by atoms with Crippen LogP contribution in [0, 0.1) is 6.92 Å². The first-order valence-corrected chi connectivity index (χ1v) is 8.77. The number of ether oxygens (including phenoxy) is 2. The fourth-order valence-corrected chi connectivity index (χ4v) is 3.03. The molecule has 1 aliphatic rings. The Morgan fingerprint density at radius 2 is 2.04 bits per heavy atom. The standard InChI is InChI=1S/C17H21Cl2N3O2/c1-12-10-16(21-20-12)17(13-2-3-14(18)15(19)11-13)24-9-6-22-4-7-23-8-5-22/h2-3,10-11,17H,4-9H2,1H3,(H,20,21). The fraction of sp³-hybridized carbons (Fsp3) is 0.471. The van der Waals surface area contributed by atoms with Crippen LogP contribution in [0.5, 0.6) is 0 Å². The lowest BCUT2D eigenvalue weighted by molar-refractivity contribution is 0.00896. The molecule has 2 aromatic rings. The van der Waals surface area contributed by atoms with E-state index in [-0.39, 0.29) is 6.10 Å². The topological polar surface area (TPSA) is 50.4 Å². The summed E-state index contributed by atoms with van der Waals surface area (Å²) >= 11 is 12.2. The molecule has 1 N–H and O–H groups in total. The molecule has 2 heterocycles. The predicted molar refractivity (Wildman–Crippen MR) is 94.8 cm³/mol. The van der Waals surface area contributed by atoms with Gasteiger partial charge < -0.3 is 9.47 Å². The van der Waals surface area contributed by atoms with Gasteiger partial charge in [-0.1, -0.05) is 29.3 Å². The summed E-state index contributed by atoms with van der Waals surface area (Å²) in [6, 6.07) is 7.55. The second-order valence-corrected chi connectivity index (χ2v) is 6.67. The Bertz CT molecular complexity index is 672. The van der Waals surface area contributed by atoms with Gasteiger partial charge in [-0.25, -0.2) is 0 Å². The summed E-state index contributed by atoms with van der Waals surface area (Å²) in [5, 5.41) is 8.37. The van der Waals surface area contributed by atoms with Crippen LogP contribution >= 0.6 is 23.2 Å². The van der Waals surface area contributed by atoms with Gasteiger partial charge >= 0.3 is 0 Å². The molecular formula is C17H21Cl2N3O2. The number of aromatic amines is 1. The van der Waals surface area contributed by atoms with E-state index in [1.54, 1.807) is 6.07 Å². The van der Waals surface area contributed by atoms with Crippen molar-refractivity contribution in [1.29, 1.82) is 0 Å². The quantitative estimate of drug-likeness (QED) is 0.846. The first kappa shape index (κ1) is 17.7. The number of hydrogen-bond acceptors (Lipinski definition) is 4. The number of H-pyrrole nitrogens is 1. The summed E-state index contributed by atoms with van der Waals surface area (Å²) in [6.45, 7) is 6.91. The molecule has 3 rings (SSSR count). The molecule has 130 valence electrons. The molecule has 1 aromatic heterocycles. The summed E-state index contributed by atoms with van der Waals surface area (Å²) < 4.78 is 11.5. The molecule has 1 saturated heterocycles. The molecular weight excluding hydrogens is 349 g/mol. The highest BCUT2D eigenvalue weighted by molar-refractivity contribution is 6.42. The second kappa shape index (κ2) is 8.32. The zero-order chi connectivity index (χ0) is 16.9. The Morgan fingerprint density at radius 1 is 1.25 bits per heavy atom. The normalized spacial score (nSPS) is 17.1. The Balaban J connectivity index is 1.71. The van der Waals surface area contributed by atoms with Crippen LogP contribution < -0.4 is 0 Å². The predicted octanol–water partition coefficient (Wildman–Crippen LogP) is 3.46. The largest absolute Gasteiger partial charge is 0.379 e. The van der Waals surface area contributed by atoms with Crippen molar-refractivity contribution >= 4 is 23.2 Å². The average Bonchev–Trinajstić information content (AvgIpc) is 3.01. The lowest BCUT2D eigenvalue weighted by atomic mass is 10.1. The Labute approximate surface area is 151 Å². The van der Waals surface area contributed by atoms with Gasteiger partial charge in [0.15, 0.2) is 0 Å². The van der Waals surface area contributed by atoms with Crippen LogP contribution in [-0.2, 0) is 9.47 Å². The van der Waals surface area contributed by atoms with Gasteiger partial charge in [0.2, 0.25) is 0 Å². The summed E-state index contributed by atoms with van der Waals surface area (Å²) in [7, 11) is 0. The number of aromatic nitrogens is 2. The third-order valence-electron chi connectivity index (χ3n) is 4.04. The SMILES string of the molecule is Cc1cc(C(OCCN2CCOCC2)c2ccc(Cl)c(Cl)c2)n[nH]1. The first-order chi connectivity index (χ1) is 11.6. The van der Waals surface area contributed by atoms with E-state index in [0.29, 0.717) is 16.7 Å². The lowest BCUT2D eigenvalue weighted by Gasteiger charge is -2.27. The molecule has 0 aliphatic carbocycles. The van der Waals surface area contributed by atoms with Crippen LogP contribution in [0.1, 0.15) is 23.1 Å². The van der Waals surface area contributed by atoms with E-state index in [0.717, 1.165) is 49.8 Å². The van der Waals surface area contributed by atoms with Gasteiger partial charge in [0.1, 0.15) is 6.10 Å². The molecule has 1 aromatic carbocycles. The number of rotatable bonds is 6. The van der Waals surface area contributed by atoms with Crippen molar-refractivity contribution in [2.75, 3.05) is 39.5 Å². The molecule has 1 atom stereocenters. The number of hydrogen-bond donors (Lipinski definition) is 1. The van der Waals surface area contributed by atoms with Gasteiger partial charge in [0, 0.05) is 25.3 Å². The minimum Gasteiger partial charge on any atom is -0.379 e. The van der Waals surface area contributed by atoms with Crippen LogP contribution in [0.2, 0.25) is 10.0 Å². The van der Waals surface area contributed by atoms with E-state index in [9.17, 15) is 0 Å². The van der Waals surface area contributed by atoms with Gasteiger partial charge in [-0.2, -0.15) is 5.10 Å². The first-order valence-electron chi connectivity index (χ1n) is 8.02. The molecule has 1 aliphatic heterocycles. The van der Waals surface area contributed by atoms with Crippen molar-refractivity contribution < 1.29 is 9.47 Å². The highest BCUT2D eigenvalue weighted by atomic mass is 35.5. The van der Waals surface area contributed by atoms with Crippen molar-refractivity contribution in [2.45, 2.75) is 13.0 Å². The number of halogens is 2. The minimum atomic E-state index is -0.272. The zero-order valence-corrected chi connectivity index (χ0v) is 15.1. The Morgan fingerprint density at radius 3 is 2.71 bits per heavy atom. The molecule has 24 heavy (non-hydrogen) atoms. The van der Waals surface area contributed by atoms with Gasteiger partial charge in [-0.05, 0) is 30.7 Å². The maximum atomic E-state index is 6.17. The molecule has 0 amide bonds. The monoisotopic (exact) mass is 369 g/mol. The van der Waals surface area contributed by atoms with Gasteiger partial charge in [0.25, 0.3) is 0 Å². The molecule has 5 nitrogen and oxygen atoms in total. The molecule has 0 spiro atoms. The van der Waals surface area contributed by atoms with Crippen LogP contribution in [0.4, 0.5) is 0 Å².